The van der Waals surface area contributed by atoms with Gasteiger partial charge in [-0.1, -0.05) is 184 Å². The third kappa shape index (κ3) is 8.86. The van der Waals surface area contributed by atoms with Crippen LogP contribution in [0.15, 0.2) is 219 Å². The van der Waals surface area contributed by atoms with Gasteiger partial charge < -0.3 is 19.1 Å². The van der Waals surface area contributed by atoms with Crippen LogP contribution in [0.2, 0.25) is 0 Å². The first-order valence-electron chi connectivity index (χ1n) is 27.9. The van der Waals surface area contributed by atoms with E-state index >= 15 is 0 Å². The molecule has 352 valence electrons. The molecule has 11 aromatic rings. The maximum absolute atomic E-state index is 8.99. The van der Waals surface area contributed by atoms with E-state index in [0.717, 1.165) is 33.0 Å². The van der Waals surface area contributed by atoms with Crippen molar-refractivity contribution < 1.29 is 39.5 Å². The van der Waals surface area contributed by atoms with Gasteiger partial charge in [0.1, 0.15) is 11.6 Å². The van der Waals surface area contributed by atoms with Crippen molar-refractivity contribution in [3.8, 4) is 73.7 Å². The maximum atomic E-state index is 8.99. The molecule has 0 atom stereocenters. The number of pyridine rings is 1. The van der Waals surface area contributed by atoms with E-state index in [-0.39, 0.29) is 65.9 Å². The minimum atomic E-state index is -0.578. The number of rotatable bonds is 10. The van der Waals surface area contributed by atoms with Crippen LogP contribution in [0.3, 0.4) is 0 Å². The van der Waals surface area contributed by atoms with Gasteiger partial charge in [0.25, 0.3) is 0 Å². The van der Waals surface area contributed by atoms with Crippen molar-refractivity contribution in [2.75, 3.05) is 9.80 Å². The molecule has 4 heterocycles. The Labute approximate surface area is 447 Å². The summed E-state index contributed by atoms with van der Waals surface area (Å²) < 4.78 is 95.9. The molecule has 1 aliphatic rings. The third-order valence-corrected chi connectivity index (χ3v) is 12.2. The normalized spacial score (nSPS) is 14.3. The predicted octanol–water partition coefficient (Wildman–Crippen LogP) is 15.3. The summed E-state index contributed by atoms with van der Waals surface area (Å²) >= 11 is 0. The van der Waals surface area contributed by atoms with Gasteiger partial charge in [0.2, 0.25) is 0 Å². The molecule has 1 aliphatic heterocycles. The first-order chi connectivity index (χ1) is 39.0. The van der Waals surface area contributed by atoms with E-state index in [1.807, 2.05) is 91.1 Å². The molecule has 0 bridgehead atoms. The average molecular weight is 1120 g/mol. The Morgan fingerprint density at radius 3 is 1.81 bits per heavy atom. The molecule has 8 nitrogen and oxygen atoms in total. The molecule has 0 fully saturated rings. The second kappa shape index (κ2) is 19.4. The molecule has 9 heteroatoms. The molecule has 12 rings (SSSR count). The number of aromatic nitrogens is 5. The summed E-state index contributed by atoms with van der Waals surface area (Å²) in [4.78, 5) is 23.5. The molecule has 0 saturated heterocycles. The standard InChI is InChI=1S/C63H46N7O.Pt/c1-63(2,3)47-34-35-64-58(38-47)70-55-33-17-16-30-52(55)53-40-54(62-66-60(45-24-12-6-13-25-45)65-61(67-62)46-26-14-7-15-27-46)57(41-56(53)70)71-49-29-18-28-48(39-49)68-36-37-69(42-68)59-50(43-20-8-4-9-21-43)31-19-32-51(59)44-22-10-5-11-23-44;/h4-38,40,42H,1-3H3;/q-3;/i4D,5D,8D,9D,10D,11D,20D,21D,22D,23D;. The van der Waals surface area contributed by atoms with Gasteiger partial charge >= 0.3 is 0 Å². The van der Waals surface area contributed by atoms with E-state index in [2.05, 4.69) is 55.7 Å². The summed E-state index contributed by atoms with van der Waals surface area (Å²) in [6, 6.07) is 45.5. The van der Waals surface area contributed by atoms with Gasteiger partial charge in [0.05, 0.1) is 13.7 Å². The van der Waals surface area contributed by atoms with E-state index in [9.17, 15) is 0 Å². The summed E-state index contributed by atoms with van der Waals surface area (Å²) in [5, 5.41) is 1.79. The molecule has 8 aromatic carbocycles. The monoisotopic (exact) mass is 1120 g/mol. The van der Waals surface area contributed by atoms with E-state index < -0.39 is 60.4 Å². The smallest absolute Gasteiger partial charge is 0.162 e. The van der Waals surface area contributed by atoms with Gasteiger partial charge in [-0.2, -0.15) is 6.07 Å². The fourth-order valence-corrected chi connectivity index (χ4v) is 8.72. The van der Waals surface area contributed by atoms with Gasteiger partial charge in [-0.05, 0) is 63.7 Å². The van der Waals surface area contributed by atoms with E-state index in [1.165, 1.54) is 0 Å². The molecular weight excluding hydrogens is 1070 g/mol. The fraction of sp³-hybridized carbons (Fsp3) is 0.0635. The Hall–Kier alpha value is -8.45. The van der Waals surface area contributed by atoms with Gasteiger partial charge in [-0.25, -0.2) is 19.9 Å². The number of anilines is 2. The van der Waals surface area contributed by atoms with Gasteiger partial charge in [-0.15, -0.1) is 48.1 Å². The van der Waals surface area contributed by atoms with Gasteiger partial charge in [0, 0.05) is 72.2 Å². The van der Waals surface area contributed by atoms with E-state index in [1.54, 1.807) is 65.3 Å². The van der Waals surface area contributed by atoms with Gasteiger partial charge in [-0.3, -0.25) is 0 Å². The summed E-state index contributed by atoms with van der Waals surface area (Å²) in [6.45, 7) is 8.14. The molecule has 72 heavy (non-hydrogen) atoms. The van der Waals surface area contributed by atoms with Crippen LogP contribution in [0.25, 0.3) is 84.0 Å². The van der Waals surface area contributed by atoms with Crippen LogP contribution in [-0.4, -0.2) is 24.5 Å². The fourth-order valence-electron chi connectivity index (χ4n) is 8.72. The van der Waals surface area contributed by atoms with Crippen molar-refractivity contribution in [1.29, 1.82) is 0 Å². The number of hydrogen-bond acceptors (Lipinski definition) is 7. The van der Waals surface area contributed by atoms with E-state index in [0.29, 0.717) is 40.1 Å². The zero-order chi connectivity index (χ0) is 56.6. The number of ether oxygens (including phenoxy) is 1. The summed E-state index contributed by atoms with van der Waals surface area (Å²) in [5.41, 5.74) is 5.28. The molecule has 0 radical (unpaired) electrons. The summed E-state index contributed by atoms with van der Waals surface area (Å²) in [5.74, 6) is 2.48. The van der Waals surface area contributed by atoms with Crippen molar-refractivity contribution >= 4 is 33.2 Å². The number of hydrogen-bond donors (Lipinski definition) is 0. The predicted molar refractivity (Wildman–Crippen MR) is 287 cm³/mol. The van der Waals surface area contributed by atoms with Crippen molar-refractivity contribution in [2.45, 2.75) is 26.2 Å². The Bertz CT molecular complexity index is 4180. The zero-order valence-electron chi connectivity index (χ0n) is 48.9. The molecular formula is C63H46N7OPt-3. The molecule has 3 aromatic heterocycles. The van der Waals surface area contributed by atoms with Crippen LogP contribution in [0.1, 0.15) is 40.0 Å². The maximum Gasteiger partial charge on any atom is 0.162 e. The topological polar surface area (TPSA) is 72.2 Å². The van der Waals surface area contributed by atoms with Crippen molar-refractivity contribution in [2.24, 2.45) is 0 Å². The molecule has 0 N–H and O–H groups in total. The second-order valence-electron chi connectivity index (χ2n) is 17.8. The summed E-state index contributed by atoms with van der Waals surface area (Å²) in [7, 11) is 0. The van der Waals surface area contributed by atoms with E-state index in [4.69, 9.17) is 38.4 Å². The Balaban J connectivity index is 0.00000705. The Morgan fingerprint density at radius 2 is 1.15 bits per heavy atom. The van der Waals surface area contributed by atoms with Gasteiger partial charge in [0.15, 0.2) is 11.6 Å². The molecule has 0 saturated carbocycles. The Morgan fingerprint density at radius 1 is 0.556 bits per heavy atom. The Kier molecular flexibility index (Phi) is 9.59. The van der Waals surface area contributed by atoms with Crippen LogP contribution in [0.4, 0.5) is 11.4 Å². The summed E-state index contributed by atoms with van der Waals surface area (Å²) in [6.07, 6.45) is 5.19. The number of para-hydroxylation sites is 2. The number of benzene rings is 8. The van der Waals surface area contributed by atoms with Crippen molar-refractivity contribution in [1.82, 2.24) is 24.5 Å². The molecule has 0 unspecified atom stereocenters. The zero-order valence-corrected chi connectivity index (χ0v) is 41.2. The molecule has 0 aliphatic carbocycles. The third-order valence-electron chi connectivity index (χ3n) is 12.2. The number of fused-ring (bicyclic) bond motifs is 3. The van der Waals surface area contributed by atoms with Crippen LogP contribution in [0, 0.1) is 18.8 Å². The first-order valence-corrected chi connectivity index (χ1v) is 22.9. The van der Waals surface area contributed by atoms with Crippen molar-refractivity contribution in [3.05, 3.63) is 243 Å². The second-order valence-corrected chi connectivity index (χ2v) is 17.8. The first kappa shape index (κ1) is 35.6. The minimum Gasteiger partial charge on any atom is -0.508 e. The van der Waals surface area contributed by atoms with Crippen molar-refractivity contribution in [3.63, 3.8) is 0 Å². The molecule has 0 spiro atoms. The van der Waals surface area contributed by atoms with Crippen LogP contribution >= 0.6 is 0 Å². The SMILES string of the molecule is [2H]c1c([2H])c([2H])c(-c2cccc(-c3c([2H])c([2H])c([2H])c([2H])c3[2H])c2N2C=CN(c3[c-]c(Oc4[c-]c5c(cc4-c4nc(-c6ccccc6)nc(-c6ccccc6)n4)c4ccccc4n5-c4cc(C(C)(C)C)ccn4)ccc3)[CH-]2)c([2H])c1[2H].[Pt]. The average Bonchev–Trinajstić information content (AvgIpc) is 4.32. The van der Waals surface area contributed by atoms with Crippen LogP contribution < -0.4 is 14.5 Å². The van der Waals surface area contributed by atoms with Crippen LogP contribution in [-0.2, 0) is 26.5 Å². The largest absolute Gasteiger partial charge is 0.508 e. The quantitative estimate of drug-likeness (QED) is 0.126. The molecule has 0 amide bonds. The minimum absolute atomic E-state index is 0. The number of nitrogens with zero attached hydrogens (tertiary/aromatic N) is 7. The van der Waals surface area contributed by atoms with Crippen LogP contribution in [0.5, 0.6) is 11.5 Å².